The number of rotatable bonds is 0. The highest BCUT2D eigenvalue weighted by molar-refractivity contribution is 5.86. The van der Waals surface area contributed by atoms with Crippen LogP contribution in [0.4, 0.5) is 0 Å². The summed E-state index contributed by atoms with van der Waals surface area (Å²) in [6, 6.07) is 0. The van der Waals surface area contributed by atoms with Crippen LogP contribution in [0, 0.1) is 0 Å². The second kappa shape index (κ2) is 2.34. The first-order chi connectivity index (χ1) is 4.20. The second-order valence-corrected chi connectivity index (χ2v) is 2.83. The number of hydrogen-bond donors (Lipinski definition) is 0. The van der Waals surface area contributed by atoms with Crippen LogP contribution in [0.15, 0.2) is 16.1 Å². The Labute approximate surface area is 56.5 Å². The van der Waals surface area contributed by atoms with Gasteiger partial charge in [0, 0.05) is 12.1 Å². The van der Waals surface area contributed by atoms with Crippen LogP contribution in [0.1, 0.15) is 27.2 Å². The Morgan fingerprint density at radius 3 is 2.33 bits per heavy atom. The first-order valence-corrected chi connectivity index (χ1v) is 3.35. The van der Waals surface area contributed by atoms with E-state index < -0.39 is 0 Å². The Hall–Kier alpha value is -0.590. The van der Waals surface area contributed by atoms with Gasteiger partial charge >= 0.3 is 0 Å². The Kier molecular flexibility index (Phi) is 1.70. The fourth-order valence-electron chi connectivity index (χ4n) is 0.986. The molecule has 1 rings (SSSR count). The molecule has 1 heteroatoms. The summed E-state index contributed by atoms with van der Waals surface area (Å²) in [5.74, 6) is 0. The van der Waals surface area contributed by atoms with Crippen molar-refractivity contribution in [3.05, 3.63) is 11.1 Å². The lowest BCUT2D eigenvalue weighted by Gasteiger charge is -1.95. The van der Waals surface area contributed by atoms with E-state index in [-0.39, 0.29) is 0 Å². The van der Waals surface area contributed by atoms with Gasteiger partial charge in [-0.25, -0.2) is 0 Å². The topological polar surface area (TPSA) is 12.4 Å². The molecule has 0 aliphatic carbocycles. The normalized spacial score (nSPS) is 18.1. The summed E-state index contributed by atoms with van der Waals surface area (Å²) in [6.45, 7) is 7.36. The van der Waals surface area contributed by atoms with Gasteiger partial charge in [0.2, 0.25) is 0 Å². The minimum Gasteiger partial charge on any atom is -0.290 e. The molecule has 1 aliphatic rings. The molecule has 9 heavy (non-hydrogen) atoms. The monoisotopic (exact) mass is 123 g/mol. The van der Waals surface area contributed by atoms with Crippen molar-refractivity contribution in [2.45, 2.75) is 27.2 Å². The molecular formula is C8H13N. The van der Waals surface area contributed by atoms with Crippen LogP contribution in [0.2, 0.25) is 0 Å². The molecule has 0 aromatic heterocycles. The van der Waals surface area contributed by atoms with Crippen LogP contribution < -0.4 is 0 Å². The largest absolute Gasteiger partial charge is 0.290 e. The van der Waals surface area contributed by atoms with E-state index >= 15 is 0 Å². The van der Waals surface area contributed by atoms with Gasteiger partial charge in [-0.15, -0.1) is 0 Å². The van der Waals surface area contributed by atoms with Crippen LogP contribution in [-0.2, 0) is 0 Å². The van der Waals surface area contributed by atoms with E-state index in [4.69, 9.17) is 0 Å². The van der Waals surface area contributed by atoms with Crippen LogP contribution in [0.5, 0.6) is 0 Å². The molecular weight excluding hydrogens is 110 g/mol. The van der Waals surface area contributed by atoms with Gasteiger partial charge in [-0.3, -0.25) is 4.99 Å². The summed E-state index contributed by atoms with van der Waals surface area (Å²) >= 11 is 0. The molecule has 0 N–H and O–H groups in total. The Morgan fingerprint density at radius 1 is 1.44 bits per heavy atom. The molecule has 0 amide bonds. The van der Waals surface area contributed by atoms with Gasteiger partial charge in [0.15, 0.2) is 0 Å². The maximum atomic E-state index is 4.30. The summed E-state index contributed by atoms with van der Waals surface area (Å²) in [5, 5.41) is 0. The van der Waals surface area contributed by atoms with Gasteiger partial charge in [0.05, 0.1) is 6.54 Å². The highest BCUT2D eigenvalue weighted by atomic mass is 14.8. The van der Waals surface area contributed by atoms with Crippen LogP contribution in [0.25, 0.3) is 0 Å². The number of nitrogens with zero attached hydrogens (tertiary/aromatic N) is 1. The first kappa shape index (κ1) is 6.53. The number of hydrogen-bond acceptors (Lipinski definition) is 1. The highest BCUT2D eigenvalue weighted by Crippen LogP contribution is 2.15. The molecule has 0 atom stereocenters. The molecule has 0 aromatic rings. The molecule has 0 unspecified atom stereocenters. The standard InChI is InChI=1S/C8H13N/c1-6(2)8-4-7(3)9-5-8/h4-5H2,1-3H3. The van der Waals surface area contributed by atoms with Crippen LogP contribution in [0.3, 0.4) is 0 Å². The quantitative estimate of drug-likeness (QED) is 0.438. The smallest absolute Gasteiger partial charge is 0.0605 e. The van der Waals surface area contributed by atoms with Crippen molar-refractivity contribution in [3.8, 4) is 0 Å². The summed E-state index contributed by atoms with van der Waals surface area (Å²) in [4.78, 5) is 4.30. The third kappa shape index (κ3) is 1.41. The number of allylic oxidation sites excluding steroid dienone is 1. The predicted octanol–water partition coefficient (Wildman–Crippen LogP) is 2.19. The summed E-state index contributed by atoms with van der Waals surface area (Å²) in [6.07, 6.45) is 1.11. The molecule has 0 fully saturated rings. The van der Waals surface area contributed by atoms with E-state index in [1.165, 1.54) is 16.9 Å². The molecule has 1 nitrogen and oxygen atoms in total. The van der Waals surface area contributed by atoms with E-state index in [0.717, 1.165) is 13.0 Å². The second-order valence-electron chi connectivity index (χ2n) is 2.83. The van der Waals surface area contributed by atoms with Crippen molar-refractivity contribution in [1.29, 1.82) is 0 Å². The van der Waals surface area contributed by atoms with E-state index in [2.05, 4.69) is 25.8 Å². The van der Waals surface area contributed by atoms with Crippen LogP contribution in [-0.4, -0.2) is 12.3 Å². The fraction of sp³-hybridized carbons (Fsp3) is 0.625. The van der Waals surface area contributed by atoms with Crippen molar-refractivity contribution >= 4 is 5.71 Å². The van der Waals surface area contributed by atoms with Crippen molar-refractivity contribution in [2.24, 2.45) is 4.99 Å². The highest BCUT2D eigenvalue weighted by Gasteiger charge is 2.07. The third-order valence-electron chi connectivity index (χ3n) is 1.72. The van der Waals surface area contributed by atoms with Crippen molar-refractivity contribution < 1.29 is 0 Å². The minimum atomic E-state index is 0.953. The maximum absolute atomic E-state index is 4.30. The lowest BCUT2D eigenvalue weighted by atomic mass is 10.1. The van der Waals surface area contributed by atoms with Crippen LogP contribution >= 0.6 is 0 Å². The van der Waals surface area contributed by atoms with E-state index in [1.807, 2.05) is 0 Å². The molecule has 0 saturated heterocycles. The molecule has 1 heterocycles. The molecule has 1 aliphatic heterocycles. The summed E-state index contributed by atoms with van der Waals surface area (Å²) < 4.78 is 0. The van der Waals surface area contributed by atoms with Gasteiger partial charge in [-0.05, 0) is 26.3 Å². The predicted molar refractivity (Wildman–Crippen MR) is 41.0 cm³/mol. The van der Waals surface area contributed by atoms with Crippen molar-refractivity contribution in [1.82, 2.24) is 0 Å². The molecule has 0 aromatic carbocycles. The molecule has 0 bridgehead atoms. The van der Waals surface area contributed by atoms with E-state index in [9.17, 15) is 0 Å². The van der Waals surface area contributed by atoms with Gasteiger partial charge in [-0.2, -0.15) is 0 Å². The zero-order valence-corrected chi connectivity index (χ0v) is 6.36. The summed E-state index contributed by atoms with van der Waals surface area (Å²) in [7, 11) is 0. The first-order valence-electron chi connectivity index (χ1n) is 3.35. The van der Waals surface area contributed by atoms with E-state index in [1.54, 1.807) is 0 Å². The minimum absolute atomic E-state index is 0.953. The lowest BCUT2D eigenvalue weighted by molar-refractivity contribution is 1.12. The molecule has 0 spiro atoms. The Balaban J connectivity index is 2.67. The SMILES string of the molecule is CC1=NCC(=C(C)C)C1. The molecule has 0 saturated carbocycles. The van der Waals surface area contributed by atoms with Crippen molar-refractivity contribution in [2.75, 3.05) is 6.54 Å². The van der Waals surface area contributed by atoms with Gasteiger partial charge in [0.1, 0.15) is 0 Å². The van der Waals surface area contributed by atoms with Gasteiger partial charge in [0.25, 0.3) is 0 Å². The average molecular weight is 123 g/mol. The Morgan fingerprint density at radius 2 is 2.11 bits per heavy atom. The average Bonchev–Trinajstić information content (AvgIpc) is 2.14. The summed E-state index contributed by atoms with van der Waals surface area (Å²) in [5.41, 5.74) is 4.23. The van der Waals surface area contributed by atoms with Gasteiger partial charge < -0.3 is 0 Å². The van der Waals surface area contributed by atoms with E-state index in [0.29, 0.717) is 0 Å². The zero-order chi connectivity index (χ0) is 6.85. The lowest BCUT2D eigenvalue weighted by Crippen LogP contribution is -1.86. The number of aliphatic imine (C=N–C) groups is 1. The molecule has 50 valence electrons. The maximum Gasteiger partial charge on any atom is 0.0605 e. The Bertz CT molecular complexity index is 171. The molecule has 0 radical (unpaired) electrons. The zero-order valence-electron chi connectivity index (χ0n) is 6.36. The van der Waals surface area contributed by atoms with Gasteiger partial charge in [-0.1, -0.05) is 5.57 Å². The fourth-order valence-corrected chi connectivity index (χ4v) is 0.986. The third-order valence-corrected chi connectivity index (χ3v) is 1.72. The van der Waals surface area contributed by atoms with Crippen molar-refractivity contribution in [3.63, 3.8) is 0 Å².